The van der Waals surface area contributed by atoms with E-state index in [0.717, 1.165) is 11.8 Å². The molecular formula is C11H23N. The molecule has 1 saturated carbocycles. The molecule has 0 saturated heterocycles. The van der Waals surface area contributed by atoms with Gasteiger partial charge in [0.25, 0.3) is 0 Å². The maximum Gasteiger partial charge on any atom is 0.0180 e. The smallest absolute Gasteiger partial charge is 0.0180 e. The third-order valence-electron chi connectivity index (χ3n) is 3.45. The highest BCUT2D eigenvalue weighted by Gasteiger charge is 2.35. The van der Waals surface area contributed by atoms with Gasteiger partial charge in [-0.05, 0) is 37.5 Å². The molecule has 2 unspecified atom stereocenters. The van der Waals surface area contributed by atoms with Gasteiger partial charge in [0.15, 0.2) is 0 Å². The maximum atomic E-state index is 6.35. The molecule has 0 bridgehead atoms. The van der Waals surface area contributed by atoms with Crippen LogP contribution in [0, 0.1) is 11.8 Å². The van der Waals surface area contributed by atoms with Crippen LogP contribution in [0.4, 0.5) is 0 Å². The zero-order chi connectivity index (χ0) is 9.19. The average Bonchev–Trinajstić information content (AvgIpc) is 2.30. The summed E-state index contributed by atoms with van der Waals surface area (Å²) in [6.07, 6.45) is 6.46. The molecule has 0 aromatic heterocycles. The van der Waals surface area contributed by atoms with Crippen molar-refractivity contribution in [2.24, 2.45) is 17.6 Å². The number of rotatable bonds is 3. The summed E-state index contributed by atoms with van der Waals surface area (Å²) in [5.41, 5.74) is 6.54. The Hall–Kier alpha value is -0.0400. The summed E-state index contributed by atoms with van der Waals surface area (Å²) in [6.45, 7) is 6.87. The van der Waals surface area contributed by atoms with Gasteiger partial charge in [0.2, 0.25) is 0 Å². The largest absolute Gasteiger partial charge is 0.325 e. The topological polar surface area (TPSA) is 26.0 Å². The number of hydrogen-bond donors (Lipinski definition) is 1. The van der Waals surface area contributed by atoms with E-state index in [-0.39, 0.29) is 5.54 Å². The van der Waals surface area contributed by atoms with Gasteiger partial charge < -0.3 is 5.73 Å². The molecule has 0 radical (unpaired) electrons. The number of nitrogens with two attached hydrogens (primary N) is 1. The minimum Gasteiger partial charge on any atom is -0.325 e. The van der Waals surface area contributed by atoms with Gasteiger partial charge in [0, 0.05) is 5.54 Å². The molecule has 1 rings (SSSR count). The van der Waals surface area contributed by atoms with Crippen LogP contribution in [-0.4, -0.2) is 5.54 Å². The van der Waals surface area contributed by atoms with Gasteiger partial charge in [0.1, 0.15) is 0 Å². The first kappa shape index (κ1) is 10.0. The zero-order valence-corrected chi connectivity index (χ0v) is 8.77. The van der Waals surface area contributed by atoms with E-state index >= 15 is 0 Å². The minimum absolute atomic E-state index is 0.185. The molecule has 1 fully saturated rings. The van der Waals surface area contributed by atoms with Gasteiger partial charge in [-0.25, -0.2) is 0 Å². The fourth-order valence-corrected chi connectivity index (χ4v) is 2.20. The lowest BCUT2D eigenvalue weighted by molar-refractivity contribution is 0.292. The molecule has 0 aromatic rings. The maximum absolute atomic E-state index is 6.35. The molecule has 72 valence electrons. The predicted octanol–water partition coefficient (Wildman–Crippen LogP) is 2.94. The molecule has 0 amide bonds. The molecular weight excluding hydrogens is 146 g/mol. The summed E-state index contributed by atoms with van der Waals surface area (Å²) in [7, 11) is 0. The first-order valence-corrected chi connectivity index (χ1v) is 5.33. The fraction of sp³-hybridized carbons (Fsp3) is 1.00. The van der Waals surface area contributed by atoms with Crippen LogP contribution in [0.3, 0.4) is 0 Å². The second-order valence-electron chi connectivity index (χ2n) is 4.96. The fourth-order valence-electron chi connectivity index (χ4n) is 2.20. The Labute approximate surface area is 76.7 Å². The Balaban J connectivity index is 2.37. The molecule has 0 spiro atoms. The number of hydrogen-bond acceptors (Lipinski definition) is 1. The Morgan fingerprint density at radius 2 is 2.17 bits per heavy atom. The summed E-state index contributed by atoms with van der Waals surface area (Å²) in [4.78, 5) is 0. The van der Waals surface area contributed by atoms with Crippen LogP contribution in [0.25, 0.3) is 0 Å². The normalized spacial score (nSPS) is 36.2. The molecule has 0 heterocycles. The van der Waals surface area contributed by atoms with Crippen LogP contribution in [0.1, 0.15) is 52.9 Å². The monoisotopic (exact) mass is 169 g/mol. The summed E-state index contributed by atoms with van der Waals surface area (Å²) in [5, 5.41) is 0. The van der Waals surface area contributed by atoms with Gasteiger partial charge in [-0.15, -0.1) is 0 Å². The van der Waals surface area contributed by atoms with Crippen LogP contribution in [0.15, 0.2) is 0 Å². The highest BCUT2D eigenvalue weighted by Crippen LogP contribution is 2.37. The Bertz CT molecular complexity index is 142. The molecule has 1 aliphatic carbocycles. The molecule has 2 atom stereocenters. The van der Waals surface area contributed by atoms with Crippen molar-refractivity contribution < 1.29 is 0 Å². The van der Waals surface area contributed by atoms with Crippen molar-refractivity contribution >= 4 is 0 Å². The van der Waals surface area contributed by atoms with Crippen LogP contribution < -0.4 is 5.73 Å². The quantitative estimate of drug-likeness (QED) is 0.690. The van der Waals surface area contributed by atoms with Crippen LogP contribution in [-0.2, 0) is 0 Å². The van der Waals surface area contributed by atoms with Crippen molar-refractivity contribution in [1.82, 2.24) is 0 Å². The van der Waals surface area contributed by atoms with Crippen molar-refractivity contribution in [2.45, 2.75) is 58.4 Å². The molecule has 1 aliphatic rings. The van der Waals surface area contributed by atoms with E-state index in [1.165, 1.54) is 32.1 Å². The van der Waals surface area contributed by atoms with Crippen molar-refractivity contribution in [3.63, 3.8) is 0 Å². The second-order valence-corrected chi connectivity index (χ2v) is 4.96. The van der Waals surface area contributed by atoms with Gasteiger partial charge >= 0.3 is 0 Å². The van der Waals surface area contributed by atoms with Crippen LogP contribution in [0.5, 0.6) is 0 Å². The van der Waals surface area contributed by atoms with Crippen molar-refractivity contribution in [2.75, 3.05) is 0 Å². The van der Waals surface area contributed by atoms with E-state index in [0.29, 0.717) is 0 Å². The average molecular weight is 169 g/mol. The van der Waals surface area contributed by atoms with E-state index in [1.807, 2.05) is 0 Å². The van der Waals surface area contributed by atoms with Crippen molar-refractivity contribution in [3.05, 3.63) is 0 Å². The third kappa shape index (κ3) is 2.22. The van der Waals surface area contributed by atoms with Gasteiger partial charge in [-0.3, -0.25) is 0 Å². The standard InChI is InChI=1S/C11H23N/c1-9(2)6-8-11(12)7-4-5-10(11)3/h9-10H,4-8,12H2,1-3H3. The summed E-state index contributed by atoms with van der Waals surface area (Å²) < 4.78 is 0. The summed E-state index contributed by atoms with van der Waals surface area (Å²) in [6, 6.07) is 0. The summed E-state index contributed by atoms with van der Waals surface area (Å²) in [5.74, 6) is 1.55. The van der Waals surface area contributed by atoms with Gasteiger partial charge in [0.05, 0.1) is 0 Å². The van der Waals surface area contributed by atoms with Gasteiger partial charge in [-0.2, -0.15) is 0 Å². The lowest BCUT2D eigenvalue weighted by Crippen LogP contribution is -2.42. The van der Waals surface area contributed by atoms with Crippen LogP contribution >= 0.6 is 0 Å². The highest BCUT2D eigenvalue weighted by molar-refractivity contribution is 4.94. The highest BCUT2D eigenvalue weighted by atomic mass is 14.8. The van der Waals surface area contributed by atoms with E-state index in [1.54, 1.807) is 0 Å². The molecule has 12 heavy (non-hydrogen) atoms. The second kappa shape index (κ2) is 3.78. The minimum atomic E-state index is 0.185. The van der Waals surface area contributed by atoms with Gasteiger partial charge in [-0.1, -0.05) is 27.2 Å². The van der Waals surface area contributed by atoms with E-state index in [9.17, 15) is 0 Å². The Kier molecular flexibility index (Phi) is 3.16. The first-order valence-electron chi connectivity index (χ1n) is 5.33. The molecule has 0 aromatic carbocycles. The molecule has 1 nitrogen and oxygen atoms in total. The summed E-state index contributed by atoms with van der Waals surface area (Å²) >= 11 is 0. The van der Waals surface area contributed by atoms with E-state index < -0.39 is 0 Å². The third-order valence-corrected chi connectivity index (χ3v) is 3.45. The van der Waals surface area contributed by atoms with Crippen molar-refractivity contribution in [1.29, 1.82) is 0 Å². The molecule has 0 aliphatic heterocycles. The lowest BCUT2D eigenvalue weighted by atomic mass is 9.83. The molecule has 2 N–H and O–H groups in total. The van der Waals surface area contributed by atoms with E-state index in [4.69, 9.17) is 5.73 Å². The SMILES string of the molecule is CC(C)CCC1(N)CCCC1C. The van der Waals surface area contributed by atoms with E-state index in [2.05, 4.69) is 20.8 Å². The Morgan fingerprint density at radius 1 is 1.50 bits per heavy atom. The van der Waals surface area contributed by atoms with Crippen LogP contribution in [0.2, 0.25) is 0 Å². The first-order chi connectivity index (χ1) is 5.54. The lowest BCUT2D eigenvalue weighted by Gasteiger charge is -2.29. The zero-order valence-electron chi connectivity index (χ0n) is 8.77. The molecule has 1 heteroatoms. The Morgan fingerprint density at radius 3 is 2.58 bits per heavy atom. The van der Waals surface area contributed by atoms with Crippen molar-refractivity contribution in [3.8, 4) is 0 Å². The predicted molar refractivity (Wildman–Crippen MR) is 54.0 cm³/mol.